The van der Waals surface area contributed by atoms with Crippen LogP contribution in [0.4, 0.5) is 30.4 Å². The minimum absolute atomic E-state index is 0.00981. The van der Waals surface area contributed by atoms with Crippen LogP contribution in [-0.2, 0) is 16.4 Å². The van der Waals surface area contributed by atoms with Crippen LogP contribution in [0.3, 0.4) is 0 Å². The average molecular weight is 489 g/mol. The van der Waals surface area contributed by atoms with Gasteiger partial charge in [-0.1, -0.05) is 24.3 Å². The van der Waals surface area contributed by atoms with Crippen LogP contribution < -0.4 is 16.8 Å². The van der Waals surface area contributed by atoms with Crippen molar-refractivity contribution in [2.75, 3.05) is 16.8 Å². The fourth-order valence-corrected chi connectivity index (χ4v) is 4.08. The fourth-order valence-electron chi connectivity index (χ4n) is 3.29. The Morgan fingerprint density at radius 3 is 2.32 bits per heavy atom. The number of nitrogens with zero attached hydrogens (tertiary/aromatic N) is 2. The second kappa shape index (κ2) is 8.37. The highest BCUT2D eigenvalue weighted by atomic mass is 32.2. The van der Waals surface area contributed by atoms with E-state index in [-0.39, 0.29) is 29.2 Å². The van der Waals surface area contributed by atoms with Gasteiger partial charge in [-0.25, -0.2) is 13.1 Å². The quantitative estimate of drug-likeness (QED) is 0.365. The Hall–Kier alpha value is -4.06. The van der Waals surface area contributed by atoms with Gasteiger partial charge < -0.3 is 16.8 Å². The number of hydrogen-bond acceptors (Lipinski definition) is 6. The summed E-state index contributed by atoms with van der Waals surface area (Å²) < 4.78 is 63.3. The van der Waals surface area contributed by atoms with Crippen LogP contribution in [0, 0.1) is 0 Å². The molecule has 5 N–H and O–H groups in total. The Kier molecular flexibility index (Phi) is 5.69. The number of rotatable bonds is 5. The molecular weight excluding hydrogens is 471 g/mol. The van der Waals surface area contributed by atoms with Crippen molar-refractivity contribution in [2.45, 2.75) is 16.9 Å². The summed E-state index contributed by atoms with van der Waals surface area (Å²) in [6.07, 6.45) is 0. The number of alkyl halides is 3. The second-order valence-electron chi connectivity index (χ2n) is 7.41. The van der Waals surface area contributed by atoms with Crippen molar-refractivity contribution in [3.63, 3.8) is 0 Å². The zero-order valence-electron chi connectivity index (χ0n) is 17.4. The van der Waals surface area contributed by atoms with Crippen LogP contribution in [0.25, 0.3) is 10.9 Å². The van der Waals surface area contributed by atoms with Gasteiger partial charge in [-0.3, -0.25) is 4.79 Å². The van der Waals surface area contributed by atoms with Crippen molar-refractivity contribution in [1.82, 2.24) is 9.78 Å². The molecule has 0 aliphatic heterocycles. The highest BCUT2D eigenvalue weighted by Crippen LogP contribution is 2.33. The number of carbonyl (C=O) groups is 1. The van der Waals surface area contributed by atoms with Crippen molar-refractivity contribution in [3.8, 4) is 0 Å². The molecule has 1 aromatic heterocycles. The zero-order valence-corrected chi connectivity index (χ0v) is 18.2. The SMILES string of the molecule is Nc1ccccc1NC(=O)c1ccc(Cn2nc3ccc(S(=O)(=O)C(F)(F)F)cc3c2N)cc1. The number of aromatic nitrogens is 2. The number of nitrogen functional groups attached to an aromatic ring is 2. The third-order valence-electron chi connectivity index (χ3n) is 5.12. The molecule has 0 radical (unpaired) electrons. The van der Waals surface area contributed by atoms with E-state index in [1.54, 1.807) is 48.5 Å². The molecule has 176 valence electrons. The number of fused-ring (bicyclic) bond motifs is 1. The highest BCUT2D eigenvalue weighted by molar-refractivity contribution is 7.92. The summed E-state index contributed by atoms with van der Waals surface area (Å²) in [4.78, 5) is 11.5. The molecule has 8 nitrogen and oxygen atoms in total. The molecule has 0 unspecified atom stereocenters. The maximum atomic E-state index is 12.9. The Morgan fingerprint density at radius 1 is 1.00 bits per heavy atom. The number of nitrogens with one attached hydrogen (secondary N) is 1. The molecular formula is C22H18F3N5O3S. The average Bonchev–Trinajstić information content (AvgIpc) is 3.09. The number of para-hydroxylation sites is 2. The first kappa shape index (κ1) is 23.1. The minimum Gasteiger partial charge on any atom is -0.397 e. The van der Waals surface area contributed by atoms with Crippen LogP contribution in [0.1, 0.15) is 15.9 Å². The molecule has 0 atom stereocenters. The van der Waals surface area contributed by atoms with E-state index >= 15 is 0 Å². The smallest absolute Gasteiger partial charge is 0.397 e. The second-order valence-corrected chi connectivity index (χ2v) is 9.35. The Bertz CT molecular complexity index is 1500. The van der Waals surface area contributed by atoms with Crippen LogP contribution >= 0.6 is 0 Å². The van der Waals surface area contributed by atoms with E-state index in [4.69, 9.17) is 11.5 Å². The number of nitrogens with two attached hydrogens (primary N) is 2. The fraction of sp³-hybridized carbons (Fsp3) is 0.0909. The maximum Gasteiger partial charge on any atom is 0.501 e. The molecule has 0 saturated carbocycles. The van der Waals surface area contributed by atoms with Crippen molar-refractivity contribution in [1.29, 1.82) is 0 Å². The van der Waals surface area contributed by atoms with Gasteiger partial charge >= 0.3 is 5.51 Å². The molecule has 0 aliphatic rings. The third kappa shape index (κ3) is 4.27. The largest absolute Gasteiger partial charge is 0.501 e. The Labute approximate surface area is 191 Å². The van der Waals surface area contributed by atoms with E-state index in [1.807, 2.05) is 0 Å². The topological polar surface area (TPSA) is 133 Å². The number of halogens is 3. The predicted molar refractivity (Wildman–Crippen MR) is 122 cm³/mol. The van der Waals surface area contributed by atoms with Gasteiger partial charge in [0.05, 0.1) is 28.3 Å². The molecule has 4 aromatic rings. The lowest BCUT2D eigenvalue weighted by molar-refractivity contribution is -0.0436. The van der Waals surface area contributed by atoms with Gasteiger partial charge in [-0.15, -0.1) is 0 Å². The zero-order chi connectivity index (χ0) is 24.7. The molecule has 0 spiro atoms. The normalized spacial score (nSPS) is 12.1. The lowest BCUT2D eigenvalue weighted by Gasteiger charge is -2.09. The van der Waals surface area contributed by atoms with Crippen LogP contribution in [0.15, 0.2) is 71.6 Å². The van der Waals surface area contributed by atoms with Crippen LogP contribution in [-0.4, -0.2) is 29.6 Å². The van der Waals surface area contributed by atoms with Gasteiger partial charge in [-0.05, 0) is 48.0 Å². The first-order chi connectivity index (χ1) is 16.0. The van der Waals surface area contributed by atoms with E-state index in [2.05, 4.69) is 10.4 Å². The number of amides is 1. The molecule has 1 amide bonds. The summed E-state index contributed by atoms with van der Waals surface area (Å²) in [6, 6.07) is 16.3. The van der Waals surface area contributed by atoms with Gasteiger partial charge in [0.25, 0.3) is 15.7 Å². The number of benzene rings is 3. The van der Waals surface area contributed by atoms with E-state index in [0.717, 1.165) is 12.1 Å². The van der Waals surface area contributed by atoms with Gasteiger partial charge in [0.2, 0.25) is 0 Å². The maximum absolute atomic E-state index is 12.9. The molecule has 4 rings (SSSR count). The van der Waals surface area contributed by atoms with E-state index in [9.17, 15) is 26.4 Å². The number of carbonyl (C=O) groups excluding carboxylic acids is 1. The molecule has 34 heavy (non-hydrogen) atoms. The van der Waals surface area contributed by atoms with Crippen molar-refractivity contribution < 1.29 is 26.4 Å². The Morgan fingerprint density at radius 2 is 1.68 bits per heavy atom. The molecule has 0 saturated heterocycles. The molecule has 12 heteroatoms. The van der Waals surface area contributed by atoms with Gasteiger partial charge in [0.1, 0.15) is 5.82 Å². The summed E-state index contributed by atoms with van der Waals surface area (Å²) in [5, 5.41) is 7.04. The minimum atomic E-state index is -5.51. The van der Waals surface area contributed by atoms with E-state index in [0.29, 0.717) is 22.5 Å². The summed E-state index contributed by atoms with van der Waals surface area (Å²) in [7, 11) is -5.51. The summed E-state index contributed by atoms with van der Waals surface area (Å²) in [5.41, 5.74) is 8.69. The number of sulfone groups is 1. The van der Waals surface area contributed by atoms with Gasteiger partial charge in [0, 0.05) is 10.9 Å². The monoisotopic (exact) mass is 489 g/mol. The highest BCUT2D eigenvalue weighted by Gasteiger charge is 2.47. The first-order valence-corrected chi connectivity index (χ1v) is 11.3. The first-order valence-electron chi connectivity index (χ1n) is 9.79. The third-order valence-corrected chi connectivity index (χ3v) is 6.61. The van der Waals surface area contributed by atoms with Crippen molar-refractivity contribution in [2.24, 2.45) is 0 Å². The van der Waals surface area contributed by atoms with Gasteiger partial charge in [-0.2, -0.15) is 18.3 Å². The molecule has 1 heterocycles. The summed E-state index contributed by atoms with van der Waals surface area (Å²) in [6.45, 7) is 0.148. The number of anilines is 3. The molecule has 0 aliphatic carbocycles. The lowest BCUT2D eigenvalue weighted by Crippen LogP contribution is -2.23. The van der Waals surface area contributed by atoms with Crippen molar-refractivity contribution >= 4 is 43.8 Å². The van der Waals surface area contributed by atoms with Crippen LogP contribution in [0.5, 0.6) is 0 Å². The van der Waals surface area contributed by atoms with Crippen molar-refractivity contribution in [3.05, 3.63) is 77.9 Å². The molecule has 0 bridgehead atoms. The van der Waals surface area contributed by atoms with E-state index < -0.39 is 20.2 Å². The lowest BCUT2D eigenvalue weighted by atomic mass is 10.1. The van der Waals surface area contributed by atoms with E-state index in [1.165, 1.54) is 10.7 Å². The standard InChI is InChI=1S/C22H18F3N5O3S/c23-22(24,25)34(32,33)15-9-10-18-16(11-15)20(27)30(29-18)12-13-5-7-14(8-6-13)21(31)28-19-4-2-1-3-17(19)26/h1-11H,12,26-27H2,(H,28,31). The Balaban J connectivity index is 1.55. The van der Waals surface area contributed by atoms with Crippen LogP contribution in [0.2, 0.25) is 0 Å². The summed E-state index contributed by atoms with van der Waals surface area (Å²) in [5.74, 6) is -0.345. The predicted octanol–water partition coefficient (Wildman–Crippen LogP) is 3.79. The summed E-state index contributed by atoms with van der Waals surface area (Å²) >= 11 is 0. The molecule has 3 aromatic carbocycles. The molecule has 0 fully saturated rings. The number of hydrogen-bond donors (Lipinski definition) is 3. The van der Waals surface area contributed by atoms with Gasteiger partial charge in [0.15, 0.2) is 0 Å².